The number of carbonyl (C=O) groups is 2. The van der Waals surface area contributed by atoms with Crippen molar-refractivity contribution >= 4 is 23.1 Å². The second kappa shape index (κ2) is 9.01. The first-order valence-electron chi connectivity index (χ1n) is 9.70. The molecule has 2 aromatic carbocycles. The first-order valence-corrected chi connectivity index (χ1v) is 9.70. The molecule has 0 radical (unpaired) electrons. The van der Waals surface area contributed by atoms with E-state index in [1.807, 2.05) is 39.0 Å². The van der Waals surface area contributed by atoms with E-state index < -0.39 is 0 Å². The van der Waals surface area contributed by atoms with Crippen LogP contribution < -0.4 is 5.32 Å². The van der Waals surface area contributed by atoms with E-state index in [9.17, 15) is 14.0 Å². The fraction of sp³-hybridized carbons (Fsp3) is 0.304. The van der Waals surface area contributed by atoms with E-state index in [-0.39, 0.29) is 29.9 Å². The molecule has 0 spiro atoms. The maximum Gasteiger partial charge on any atom is 0.278 e. The number of rotatable bonds is 8. The summed E-state index contributed by atoms with van der Waals surface area (Å²) in [5.74, 6) is -1.08. The van der Waals surface area contributed by atoms with Crippen LogP contribution in [-0.4, -0.2) is 36.5 Å². The normalized spacial score (nSPS) is 14.1. The number of nitrogens with one attached hydrogen (secondary N) is 1. The molecule has 5 nitrogen and oxygen atoms in total. The maximum absolute atomic E-state index is 13.3. The van der Waals surface area contributed by atoms with Crippen LogP contribution in [-0.2, 0) is 14.3 Å². The van der Waals surface area contributed by atoms with E-state index in [0.717, 1.165) is 11.1 Å². The molecular weight excluding hydrogens is 371 g/mol. The summed E-state index contributed by atoms with van der Waals surface area (Å²) in [5, 5.41) is 3.04. The van der Waals surface area contributed by atoms with E-state index in [2.05, 4.69) is 5.32 Å². The average Bonchev–Trinajstić information content (AvgIpc) is 2.91. The molecular formula is C23H25FN2O3. The molecule has 1 N–H and O–H groups in total. The van der Waals surface area contributed by atoms with Crippen LogP contribution >= 0.6 is 0 Å². The van der Waals surface area contributed by atoms with Gasteiger partial charge in [-0.15, -0.1) is 0 Å². The lowest BCUT2D eigenvalue weighted by atomic mass is 9.97. The van der Waals surface area contributed by atoms with E-state index in [4.69, 9.17) is 4.74 Å². The number of anilines is 1. The molecule has 0 saturated heterocycles. The number of carbonyl (C=O) groups excluding carboxylic acids is 2. The summed E-state index contributed by atoms with van der Waals surface area (Å²) >= 11 is 0. The van der Waals surface area contributed by atoms with Gasteiger partial charge in [0.2, 0.25) is 0 Å². The van der Waals surface area contributed by atoms with Crippen LogP contribution in [0.1, 0.15) is 30.0 Å². The topological polar surface area (TPSA) is 58.6 Å². The van der Waals surface area contributed by atoms with Crippen LogP contribution in [0.25, 0.3) is 5.57 Å². The molecule has 0 saturated carbocycles. The molecule has 29 heavy (non-hydrogen) atoms. The fourth-order valence-corrected chi connectivity index (χ4v) is 3.39. The van der Waals surface area contributed by atoms with E-state index in [1.54, 1.807) is 0 Å². The van der Waals surface area contributed by atoms with Crippen molar-refractivity contribution in [1.82, 2.24) is 4.90 Å². The molecule has 0 aromatic heterocycles. The number of hydrogen-bond acceptors (Lipinski definition) is 4. The number of amides is 2. The fourth-order valence-electron chi connectivity index (χ4n) is 3.39. The van der Waals surface area contributed by atoms with Crippen molar-refractivity contribution in [3.8, 4) is 0 Å². The van der Waals surface area contributed by atoms with Crippen LogP contribution in [0, 0.1) is 19.7 Å². The first-order chi connectivity index (χ1) is 13.9. The predicted molar refractivity (Wildman–Crippen MR) is 111 cm³/mol. The Balaban J connectivity index is 1.97. The number of aryl methyl sites for hydroxylation is 2. The Morgan fingerprint density at radius 2 is 1.76 bits per heavy atom. The highest BCUT2D eigenvalue weighted by atomic mass is 19.1. The van der Waals surface area contributed by atoms with Gasteiger partial charge in [0, 0.05) is 25.4 Å². The minimum Gasteiger partial charge on any atom is -0.382 e. The molecule has 1 aliphatic rings. The quantitative estimate of drug-likeness (QED) is 0.540. The third-order valence-corrected chi connectivity index (χ3v) is 4.81. The lowest BCUT2D eigenvalue weighted by Gasteiger charge is -2.15. The van der Waals surface area contributed by atoms with Crippen molar-refractivity contribution < 1.29 is 18.7 Å². The number of benzene rings is 2. The Morgan fingerprint density at radius 3 is 2.41 bits per heavy atom. The van der Waals surface area contributed by atoms with Crippen molar-refractivity contribution in [2.24, 2.45) is 0 Å². The predicted octanol–water partition coefficient (Wildman–Crippen LogP) is 4.06. The summed E-state index contributed by atoms with van der Waals surface area (Å²) in [6, 6.07) is 11.4. The standard InChI is InChI=1S/C23H25FN2O3/c1-4-29-13-5-12-26-22(27)20(19-11-6-15(2)14-16(19)3)21(23(26)28)25-18-9-7-17(24)8-10-18/h6-11,14,25H,4-5,12-13H2,1-3H3. The van der Waals surface area contributed by atoms with E-state index >= 15 is 0 Å². The van der Waals surface area contributed by atoms with Crippen LogP contribution in [0.4, 0.5) is 10.1 Å². The molecule has 2 amide bonds. The number of imide groups is 1. The zero-order valence-corrected chi connectivity index (χ0v) is 16.9. The molecule has 0 atom stereocenters. The summed E-state index contributed by atoms with van der Waals surface area (Å²) < 4.78 is 18.6. The summed E-state index contributed by atoms with van der Waals surface area (Å²) in [4.78, 5) is 27.5. The van der Waals surface area contributed by atoms with E-state index in [1.165, 1.54) is 29.2 Å². The zero-order chi connectivity index (χ0) is 21.0. The van der Waals surface area contributed by atoms with Crippen LogP contribution in [0.2, 0.25) is 0 Å². The van der Waals surface area contributed by atoms with Gasteiger partial charge in [-0.25, -0.2) is 4.39 Å². The van der Waals surface area contributed by atoms with Gasteiger partial charge in [-0.3, -0.25) is 14.5 Å². The molecule has 0 aliphatic carbocycles. The SMILES string of the molecule is CCOCCCN1C(=O)C(Nc2ccc(F)cc2)=C(c2ccc(C)cc2C)C1=O. The number of halogens is 1. The Morgan fingerprint density at radius 1 is 1.03 bits per heavy atom. The highest BCUT2D eigenvalue weighted by Crippen LogP contribution is 2.32. The summed E-state index contributed by atoms with van der Waals surface area (Å²) in [7, 11) is 0. The lowest BCUT2D eigenvalue weighted by Crippen LogP contribution is -2.34. The average molecular weight is 396 g/mol. The minimum absolute atomic E-state index is 0.213. The summed E-state index contributed by atoms with van der Waals surface area (Å²) in [5.41, 5.74) is 3.80. The zero-order valence-electron chi connectivity index (χ0n) is 16.9. The molecule has 1 aliphatic heterocycles. The Labute approximate surface area is 170 Å². The van der Waals surface area contributed by atoms with Crippen molar-refractivity contribution in [1.29, 1.82) is 0 Å². The van der Waals surface area contributed by atoms with Crippen LogP contribution in [0.15, 0.2) is 48.2 Å². The van der Waals surface area contributed by atoms with Gasteiger partial charge < -0.3 is 10.1 Å². The van der Waals surface area contributed by atoms with Crippen molar-refractivity contribution in [3.63, 3.8) is 0 Å². The van der Waals surface area contributed by atoms with Gasteiger partial charge in [0.05, 0.1) is 5.57 Å². The van der Waals surface area contributed by atoms with Gasteiger partial charge in [-0.2, -0.15) is 0 Å². The second-order valence-electron chi connectivity index (χ2n) is 7.01. The number of hydrogen-bond donors (Lipinski definition) is 1. The Kier molecular flexibility index (Phi) is 6.44. The van der Waals surface area contributed by atoms with E-state index in [0.29, 0.717) is 36.5 Å². The van der Waals surface area contributed by atoms with Gasteiger partial charge in [-0.1, -0.05) is 23.8 Å². The lowest BCUT2D eigenvalue weighted by molar-refractivity contribution is -0.137. The first kappa shape index (κ1) is 20.7. The van der Waals surface area contributed by atoms with Crippen LogP contribution in [0.5, 0.6) is 0 Å². The molecule has 152 valence electrons. The van der Waals surface area contributed by atoms with Crippen molar-refractivity contribution in [3.05, 3.63) is 70.7 Å². The minimum atomic E-state index is -0.384. The van der Waals surface area contributed by atoms with Gasteiger partial charge >= 0.3 is 0 Å². The summed E-state index contributed by atoms with van der Waals surface area (Å²) in [6.07, 6.45) is 0.565. The summed E-state index contributed by atoms with van der Waals surface area (Å²) in [6.45, 7) is 7.14. The van der Waals surface area contributed by atoms with Gasteiger partial charge in [0.1, 0.15) is 11.5 Å². The van der Waals surface area contributed by atoms with Gasteiger partial charge in [-0.05, 0) is 62.6 Å². The number of nitrogens with zero attached hydrogens (tertiary/aromatic N) is 1. The number of ether oxygens (including phenoxy) is 1. The molecule has 0 bridgehead atoms. The smallest absolute Gasteiger partial charge is 0.278 e. The van der Waals surface area contributed by atoms with Gasteiger partial charge in [0.15, 0.2) is 0 Å². The monoisotopic (exact) mass is 396 g/mol. The highest BCUT2D eigenvalue weighted by Gasteiger charge is 2.39. The molecule has 3 rings (SSSR count). The highest BCUT2D eigenvalue weighted by molar-refractivity contribution is 6.36. The molecule has 0 fully saturated rings. The molecule has 0 unspecified atom stereocenters. The maximum atomic E-state index is 13.3. The third-order valence-electron chi connectivity index (χ3n) is 4.81. The van der Waals surface area contributed by atoms with Crippen molar-refractivity contribution in [2.75, 3.05) is 25.1 Å². The molecule has 2 aromatic rings. The second-order valence-corrected chi connectivity index (χ2v) is 7.01. The van der Waals surface area contributed by atoms with Crippen LogP contribution in [0.3, 0.4) is 0 Å². The largest absolute Gasteiger partial charge is 0.382 e. The Bertz CT molecular complexity index is 951. The molecule has 6 heteroatoms. The molecule has 1 heterocycles. The third kappa shape index (κ3) is 4.54. The Hall–Kier alpha value is -2.99. The van der Waals surface area contributed by atoms with Crippen molar-refractivity contribution in [2.45, 2.75) is 27.2 Å². The van der Waals surface area contributed by atoms with Gasteiger partial charge in [0.25, 0.3) is 11.8 Å².